The fourth-order valence-electron chi connectivity index (χ4n) is 1.90. The van der Waals surface area contributed by atoms with Crippen molar-refractivity contribution in [2.45, 2.75) is 19.4 Å². The van der Waals surface area contributed by atoms with Crippen LogP contribution in [0.5, 0.6) is 0 Å². The van der Waals surface area contributed by atoms with Gasteiger partial charge in [0.2, 0.25) is 0 Å². The van der Waals surface area contributed by atoms with Crippen LogP contribution in [0.4, 0.5) is 5.82 Å². The Labute approximate surface area is 93.3 Å². The molecule has 1 unspecified atom stereocenters. The summed E-state index contributed by atoms with van der Waals surface area (Å²) in [4.78, 5) is 17.0. The van der Waals surface area contributed by atoms with Gasteiger partial charge in [-0.1, -0.05) is 0 Å². The molecule has 2 heterocycles. The number of anilines is 1. The van der Waals surface area contributed by atoms with E-state index in [1.54, 1.807) is 19.1 Å². The highest BCUT2D eigenvalue weighted by molar-refractivity contribution is 5.89. The molecule has 0 bridgehead atoms. The van der Waals surface area contributed by atoms with E-state index in [4.69, 9.17) is 5.11 Å². The van der Waals surface area contributed by atoms with Crippen molar-refractivity contribution in [2.75, 3.05) is 18.0 Å². The van der Waals surface area contributed by atoms with Gasteiger partial charge >= 0.3 is 5.97 Å². The van der Waals surface area contributed by atoms with Gasteiger partial charge in [-0.15, -0.1) is 0 Å². The normalized spacial score (nSPS) is 20.1. The second-order valence-electron chi connectivity index (χ2n) is 4.00. The summed E-state index contributed by atoms with van der Waals surface area (Å²) in [6.07, 6.45) is 0.433. The lowest BCUT2D eigenvalue weighted by molar-refractivity contribution is 0.0695. The third-order valence-electron chi connectivity index (χ3n) is 2.79. The van der Waals surface area contributed by atoms with Crippen LogP contribution in [0, 0.1) is 6.92 Å². The first-order chi connectivity index (χ1) is 7.58. The highest BCUT2D eigenvalue weighted by atomic mass is 16.4. The topological polar surface area (TPSA) is 73.7 Å². The molecule has 1 aliphatic rings. The van der Waals surface area contributed by atoms with Crippen LogP contribution in [-0.4, -0.2) is 40.4 Å². The van der Waals surface area contributed by atoms with Gasteiger partial charge in [0, 0.05) is 13.1 Å². The van der Waals surface area contributed by atoms with E-state index in [-0.39, 0.29) is 11.7 Å². The van der Waals surface area contributed by atoms with Crippen LogP contribution >= 0.6 is 0 Å². The Morgan fingerprint density at radius 1 is 1.56 bits per heavy atom. The van der Waals surface area contributed by atoms with E-state index < -0.39 is 5.97 Å². The van der Waals surface area contributed by atoms with Crippen LogP contribution in [0.2, 0.25) is 0 Å². The zero-order valence-electron chi connectivity index (χ0n) is 9.05. The third-order valence-corrected chi connectivity index (χ3v) is 2.79. The van der Waals surface area contributed by atoms with Crippen molar-refractivity contribution in [3.8, 4) is 0 Å². The Bertz CT molecular complexity index is 420. The molecule has 0 aliphatic carbocycles. The molecule has 0 radical (unpaired) electrons. The van der Waals surface area contributed by atoms with Crippen molar-refractivity contribution in [2.24, 2.45) is 0 Å². The summed E-state index contributed by atoms with van der Waals surface area (Å²) < 4.78 is 0. The first-order valence-electron chi connectivity index (χ1n) is 5.22. The van der Waals surface area contributed by atoms with Crippen molar-refractivity contribution in [1.29, 1.82) is 0 Å². The molecular weight excluding hydrogens is 208 g/mol. The lowest BCUT2D eigenvalue weighted by Gasteiger charge is -2.17. The molecule has 2 N–H and O–H groups in total. The summed E-state index contributed by atoms with van der Waals surface area (Å²) >= 11 is 0. The highest BCUT2D eigenvalue weighted by Crippen LogP contribution is 2.19. The van der Waals surface area contributed by atoms with E-state index in [1.165, 1.54) is 0 Å². The first-order valence-corrected chi connectivity index (χ1v) is 5.22. The number of aromatic nitrogens is 1. The maximum Gasteiger partial charge on any atom is 0.337 e. The van der Waals surface area contributed by atoms with E-state index in [2.05, 4.69) is 4.98 Å². The molecule has 1 aromatic rings. The molecule has 2 rings (SSSR count). The van der Waals surface area contributed by atoms with Crippen LogP contribution < -0.4 is 4.90 Å². The van der Waals surface area contributed by atoms with E-state index in [0.717, 1.165) is 18.8 Å². The van der Waals surface area contributed by atoms with E-state index >= 15 is 0 Å². The lowest BCUT2D eigenvalue weighted by Crippen LogP contribution is -2.22. The Morgan fingerprint density at radius 2 is 2.31 bits per heavy atom. The standard InChI is InChI=1S/C11H14N2O3/c1-7-9(11(15)16)2-3-10(12-7)13-5-4-8(14)6-13/h2-3,8,14H,4-6H2,1H3,(H,15,16). The minimum absolute atomic E-state index is 0.225. The molecule has 0 saturated carbocycles. The molecule has 1 fully saturated rings. The zero-order chi connectivity index (χ0) is 11.7. The van der Waals surface area contributed by atoms with E-state index in [1.807, 2.05) is 4.90 Å². The molecule has 86 valence electrons. The minimum Gasteiger partial charge on any atom is -0.478 e. The number of aromatic carboxylic acids is 1. The fraction of sp³-hybridized carbons (Fsp3) is 0.455. The zero-order valence-corrected chi connectivity index (χ0v) is 9.05. The van der Waals surface area contributed by atoms with Crippen molar-refractivity contribution in [3.63, 3.8) is 0 Å². The van der Waals surface area contributed by atoms with E-state index in [0.29, 0.717) is 12.2 Å². The second-order valence-corrected chi connectivity index (χ2v) is 4.00. The van der Waals surface area contributed by atoms with Crippen LogP contribution in [0.1, 0.15) is 22.5 Å². The largest absolute Gasteiger partial charge is 0.478 e. The quantitative estimate of drug-likeness (QED) is 0.769. The molecule has 0 aromatic carbocycles. The van der Waals surface area contributed by atoms with Crippen LogP contribution in [0.3, 0.4) is 0 Å². The summed E-state index contributed by atoms with van der Waals surface area (Å²) in [7, 11) is 0. The number of hydrogen-bond donors (Lipinski definition) is 2. The summed E-state index contributed by atoms with van der Waals surface area (Å²) in [5.74, 6) is -0.225. The predicted octanol–water partition coefficient (Wildman–Crippen LogP) is 0.659. The monoisotopic (exact) mass is 222 g/mol. The van der Waals surface area contributed by atoms with Gasteiger partial charge in [-0.2, -0.15) is 0 Å². The number of nitrogens with zero attached hydrogens (tertiary/aromatic N) is 2. The molecule has 1 saturated heterocycles. The summed E-state index contributed by atoms with van der Waals surface area (Å²) in [5.41, 5.74) is 0.731. The van der Waals surface area contributed by atoms with Gasteiger partial charge in [-0.05, 0) is 25.5 Å². The SMILES string of the molecule is Cc1nc(N2CCC(O)C2)ccc1C(=O)O. The molecule has 5 heteroatoms. The number of β-amino-alcohol motifs (C(OH)–C–C–N with tert-alkyl or cyclic N) is 1. The summed E-state index contributed by atoms with van der Waals surface area (Å²) in [5, 5.41) is 18.3. The van der Waals surface area contributed by atoms with Gasteiger partial charge in [-0.25, -0.2) is 9.78 Å². The number of pyridine rings is 1. The number of carboxylic acid groups (broad SMARTS) is 1. The number of aliphatic hydroxyl groups excluding tert-OH is 1. The first kappa shape index (κ1) is 10.9. The summed E-state index contributed by atoms with van der Waals surface area (Å²) in [6.45, 7) is 3.01. The Kier molecular flexibility index (Phi) is 2.78. The summed E-state index contributed by atoms with van der Waals surface area (Å²) in [6, 6.07) is 3.25. The average Bonchev–Trinajstić information content (AvgIpc) is 2.64. The van der Waals surface area contributed by atoms with Crippen LogP contribution in [0.15, 0.2) is 12.1 Å². The molecule has 0 spiro atoms. The number of carboxylic acids is 1. The molecule has 0 amide bonds. The highest BCUT2D eigenvalue weighted by Gasteiger charge is 2.22. The predicted molar refractivity (Wildman–Crippen MR) is 58.8 cm³/mol. The van der Waals surface area contributed by atoms with Gasteiger partial charge in [0.25, 0.3) is 0 Å². The number of aryl methyl sites for hydroxylation is 1. The van der Waals surface area contributed by atoms with Crippen molar-refractivity contribution in [1.82, 2.24) is 4.98 Å². The number of aliphatic hydroxyl groups is 1. The molecule has 1 aliphatic heterocycles. The smallest absolute Gasteiger partial charge is 0.337 e. The van der Waals surface area contributed by atoms with E-state index in [9.17, 15) is 9.90 Å². The Balaban J connectivity index is 2.24. The minimum atomic E-state index is -0.960. The van der Waals surface area contributed by atoms with Crippen molar-refractivity contribution >= 4 is 11.8 Å². The Morgan fingerprint density at radius 3 is 2.81 bits per heavy atom. The fourth-order valence-corrected chi connectivity index (χ4v) is 1.90. The molecule has 1 aromatic heterocycles. The number of carbonyl (C=O) groups is 1. The number of rotatable bonds is 2. The molecule has 5 nitrogen and oxygen atoms in total. The van der Waals surface area contributed by atoms with Crippen molar-refractivity contribution < 1.29 is 15.0 Å². The number of hydrogen-bond acceptors (Lipinski definition) is 4. The van der Waals surface area contributed by atoms with Gasteiger partial charge < -0.3 is 15.1 Å². The van der Waals surface area contributed by atoms with Gasteiger partial charge in [0.05, 0.1) is 17.4 Å². The average molecular weight is 222 g/mol. The van der Waals surface area contributed by atoms with Crippen molar-refractivity contribution in [3.05, 3.63) is 23.4 Å². The molecule has 16 heavy (non-hydrogen) atoms. The van der Waals surface area contributed by atoms with Gasteiger partial charge in [0.1, 0.15) is 5.82 Å². The van der Waals surface area contributed by atoms with Gasteiger partial charge in [0.15, 0.2) is 0 Å². The Hall–Kier alpha value is -1.62. The maximum atomic E-state index is 10.8. The third kappa shape index (κ3) is 1.99. The molecular formula is C11H14N2O3. The van der Waals surface area contributed by atoms with Crippen LogP contribution in [-0.2, 0) is 0 Å². The maximum absolute atomic E-state index is 10.8. The molecule has 1 atom stereocenters. The second kappa shape index (κ2) is 4.09. The van der Waals surface area contributed by atoms with Gasteiger partial charge in [-0.3, -0.25) is 0 Å². The van der Waals surface area contributed by atoms with Crippen LogP contribution in [0.25, 0.3) is 0 Å². The lowest BCUT2D eigenvalue weighted by atomic mass is 10.2.